The molecule has 0 aliphatic heterocycles. The first-order chi connectivity index (χ1) is 10.9. The van der Waals surface area contributed by atoms with Crippen LogP contribution in [-0.2, 0) is 4.79 Å². The first-order valence-corrected chi connectivity index (χ1v) is 6.69. The number of aromatic carboxylic acids is 1. The molecule has 0 aromatic carbocycles. The zero-order chi connectivity index (χ0) is 17.0. The van der Waals surface area contributed by atoms with Gasteiger partial charge in [-0.1, -0.05) is 11.6 Å². The molecule has 7 nitrogen and oxygen atoms in total. The van der Waals surface area contributed by atoms with E-state index in [2.05, 4.69) is 9.97 Å². The molecule has 0 bridgehead atoms. The van der Waals surface area contributed by atoms with E-state index >= 15 is 0 Å². The smallest absolute Gasteiger partial charge is 0.335 e. The van der Waals surface area contributed by atoms with Crippen LogP contribution in [0.3, 0.4) is 0 Å². The molecule has 2 aromatic heterocycles. The Morgan fingerprint density at radius 3 is 2.65 bits per heavy atom. The summed E-state index contributed by atoms with van der Waals surface area (Å²) in [5.74, 6) is -1.94. The van der Waals surface area contributed by atoms with Gasteiger partial charge in [-0.2, -0.15) is 0 Å². The first-order valence-electron chi connectivity index (χ1n) is 6.31. The Morgan fingerprint density at radius 2 is 2.00 bits per heavy atom. The van der Waals surface area contributed by atoms with Crippen LogP contribution in [0.1, 0.15) is 21.5 Å². The predicted octanol–water partition coefficient (Wildman–Crippen LogP) is 3.03. The van der Waals surface area contributed by atoms with Crippen LogP contribution < -0.4 is 4.74 Å². The van der Waals surface area contributed by atoms with Gasteiger partial charge in [-0.05, 0) is 24.6 Å². The summed E-state index contributed by atoms with van der Waals surface area (Å²) < 4.78 is 5.53. The monoisotopic (exact) mass is 334 g/mol. The van der Waals surface area contributed by atoms with Crippen LogP contribution in [0.4, 0.5) is 0 Å². The van der Waals surface area contributed by atoms with E-state index < -0.39 is 11.9 Å². The second-order valence-corrected chi connectivity index (χ2v) is 4.83. The third-order valence-electron chi connectivity index (χ3n) is 2.85. The topological polar surface area (TPSA) is 110 Å². The number of carboxylic acid groups (broad SMARTS) is 2. The van der Waals surface area contributed by atoms with Gasteiger partial charge in [-0.15, -0.1) is 0 Å². The maximum Gasteiger partial charge on any atom is 0.335 e. The fourth-order valence-electron chi connectivity index (χ4n) is 1.71. The van der Waals surface area contributed by atoms with E-state index in [9.17, 15) is 9.59 Å². The lowest BCUT2D eigenvalue weighted by Gasteiger charge is -2.10. The molecule has 0 fully saturated rings. The SMILES string of the molecule is Cc1c(/C=C/C(=O)O)cncc1Oc1cc(C(=O)O)cc(Cl)n1. The van der Waals surface area contributed by atoms with Crippen LogP contribution in [0.5, 0.6) is 11.6 Å². The number of halogens is 1. The average Bonchev–Trinajstić information content (AvgIpc) is 2.47. The lowest BCUT2D eigenvalue weighted by molar-refractivity contribution is -0.131. The van der Waals surface area contributed by atoms with Gasteiger partial charge in [0.1, 0.15) is 5.15 Å². The molecule has 2 aromatic rings. The fourth-order valence-corrected chi connectivity index (χ4v) is 1.92. The van der Waals surface area contributed by atoms with Gasteiger partial charge in [-0.25, -0.2) is 14.6 Å². The number of hydrogen-bond acceptors (Lipinski definition) is 5. The van der Waals surface area contributed by atoms with Crippen molar-refractivity contribution in [2.45, 2.75) is 6.92 Å². The number of hydrogen-bond donors (Lipinski definition) is 2. The molecule has 0 unspecified atom stereocenters. The zero-order valence-corrected chi connectivity index (χ0v) is 12.6. The minimum Gasteiger partial charge on any atom is -0.478 e. The van der Waals surface area contributed by atoms with Gasteiger partial charge in [0.2, 0.25) is 5.88 Å². The molecule has 0 atom stereocenters. The van der Waals surface area contributed by atoms with Gasteiger partial charge in [-0.3, -0.25) is 4.98 Å². The standard InChI is InChI=1S/C15H11ClN2O5/c1-8-9(2-3-14(19)20)6-17-7-11(8)23-13-5-10(15(21)22)4-12(16)18-13/h2-7H,1H3,(H,19,20)(H,21,22)/b3-2+. The molecule has 0 saturated carbocycles. The number of pyridine rings is 2. The molecule has 0 spiro atoms. The lowest BCUT2D eigenvalue weighted by Crippen LogP contribution is -2.00. The Hall–Kier alpha value is -2.93. The molecule has 0 aliphatic carbocycles. The van der Waals surface area contributed by atoms with Crippen LogP contribution in [0.15, 0.2) is 30.6 Å². The molecule has 118 valence electrons. The molecule has 0 saturated heterocycles. The van der Waals surface area contributed by atoms with Crippen molar-refractivity contribution < 1.29 is 24.5 Å². The number of carbonyl (C=O) groups is 2. The molecule has 8 heteroatoms. The van der Waals surface area contributed by atoms with E-state index in [1.807, 2.05) is 0 Å². The first kappa shape index (κ1) is 16.4. The van der Waals surface area contributed by atoms with Crippen LogP contribution >= 0.6 is 11.6 Å². The van der Waals surface area contributed by atoms with Crippen LogP contribution in [0, 0.1) is 6.92 Å². The third-order valence-corrected chi connectivity index (χ3v) is 3.04. The Bertz CT molecular complexity index is 804. The summed E-state index contributed by atoms with van der Waals surface area (Å²) in [4.78, 5) is 29.4. The minimum atomic E-state index is -1.16. The number of rotatable bonds is 5. The highest BCUT2D eigenvalue weighted by molar-refractivity contribution is 6.29. The van der Waals surface area contributed by atoms with Crippen molar-refractivity contribution in [2.24, 2.45) is 0 Å². The number of ether oxygens (including phenoxy) is 1. The van der Waals surface area contributed by atoms with E-state index in [-0.39, 0.29) is 16.6 Å². The van der Waals surface area contributed by atoms with Gasteiger partial charge in [0.05, 0.1) is 11.8 Å². The van der Waals surface area contributed by atoms with Crippen molar-refractivity contribution in [2.75, 3.05) is 0 Å². The Balaban J connectivity index is 2.36. The van der Waals surface area contributed by atoms with E-state index in [1.165, 1.54) is 30.6 Å². The highest BCUT2D eigenvalue weighted by Crippen LogP contribution is 2.27. The highest BCUT2D eigenvalue weighted by atomic mass is 35.5. The molecule has 2 N–H and O–H groups in total. The second-order valence-electron chi connectivity index (χ2n) is 4.45. The van der Waals surface area contributed by atoms with E-state index in [0.29, 0.717) is 16.9 Å². The second kappa shape index (κ2) is 6.89. The molecule has 2 heterocycles. The summed E-state index contributed by atoms with van der Waals surface area (Å²) in [6.07, 6.45) is 5.26. The summed E-state index contributed by atoms with van der Waals surface area (Å²) in [6, 6.07) is 2.43. The zero-order valence-electron chi connectivity index (χ0n) is 11.9. The van der Waals surface area contributed by atoms with E-state index in [0.717, 1.165) is 6.08 Å². The number of nitrogens with zero attached hydrogens (tertiary/aromatic N) is 2. The van der Waals surface area contributed by atoms with E-state index in [1.54, 1.807) is 6.92 Å². The van der Waals surface area contributed by atoms with Gasteiger partial charge < -0.3 is 14.9 Å². The maximum absolute atomic E-state index is 11.0. The summed E-state index contributed by atoms with van der Waals surface area (Å²) in [7, 11) is 0. The predicted molar refractivity (Wildman–Crippen MR) is 81.9 cm³/mol. The van der Waals surface area contributed by atoms with Gasteiger partial charge in [0.25, 0.3) is 0 Å². The van der Waals surface area contributed by atoms with Crippen LogP contribution in [0.25, 0.3) is 6.08 Å². The summed E-state index contributed by atoms with van der Waals surface area (Å²) in [5, 5.41) is 17.6. The Morgan fingerprint density at radius 1 is 1.26 bits per heavy atom. The lowest BCUT2D eigenvalue weighted by atomic mass is 10.1. The number of carboxylic acids is 2. The molecule has 0 amide bonds. The normalized spacial score (nSPS) is 10.7. The third kappa shape index (κ3) is 4.27. The molecular formula is C15H11ClN2O5. The van der Waals surface area contributed by atoms with Gasteiger partial charge in [0, 0.05) is 23.9 Å². The minimum absolute atomic E-state index is 0.000774. The molecular weight excluding hydrogens is 324 g/mol. The van der Waals surface area contributed by atoms with Crippen LogP contribution in [-0.4, -0.2) is 32.1 Å². The Kier molecular flexibility index (Phi) is 4.92. The quantitative estimate of drug-likeness (QED) is 0.638. The van der Waals surface area contributed by atoms with Crippen molar-refractivity contribution in [3.05, 3.63) is 52.4 Å². The largest absolute Gasteiger partial charge is 0.478 e. The van der Waals surface area contributed by atoms with Crippen LogP contribution in [0.2, 0.25) is 5.15 Å². The Labute approximate surface area is 135 Å². The summed E-state index contributed by atoms with van der Waals surface area (Å²) >= 11 is 5.77. The van der Waals surface area contributed by atoms with Crippen molar-refractivity contribution in [1.82, 2.24) is 9.97 Å². The highest BCUT2D eigenvalue weighted by Gasteiger charge is 2.11. The number of aromatic nitrogens is 2. The van der Waals surface area contributed by atoms with Crippen molar-refractivity contribution in [1.29, 1.82) is 0 Å². The number of aliphatic carboxylic acids is 1. The van der Waals surface area contributed by atoms with Crippen molar-refractivity contribution >= 4 is 29.6 Å². The maximum atomic E-state index is 11.0. The fraction of sp³-hybridized carbons (Fsp3) is 0.0667. The average molecular weight is 335 g/mol. The molecule has 0 radical (unpaired) electrons. The summed E-state index contributed by atoms with van der Waals surface area (Å²) in [6.45, 7) is 1.71. The molecule has 0 aliphatic rings. The van der Waals surface area contributed by atoms with Crippen molar-refractivity contribution in [3.8, 4) is 11.6 Å². The molecule has 2 rings (SSSR count). The molecule has 23 heavy (non-hydrogen) atoms. The van der Waals surface area contributed by atoms with Gasteiger partial charge in [0.15, 0.2) is 5.75 Å². The van der Waals surface area contributed by atoms with Crippen molar-refractivity contribution in [3.63, 3.8) is 0 Å². The van der Waals surface area contributed by atoms with Gasteiger partial charge >= 0.3 is 11.9 Å². The summed E-state index contributed by atoms with van der Waals surface area (Å²) in [5.41, 5.74) is 1.11. The van der Waals surface area contributed by atoms with E-state index in [4.69, 9.17) is 26.6 Å².